The lowest BCUT2D eigenvalue weighted by molar-refractivity contribution is 0.796. The lowest BCUT2D eigenvalue weighted by Crippen LogP contribution is -1.93. The van der Waals surface area contributed by atoms with Gasteiger partial charge in [0.25, 0.3) is 0 Å². The van der Waals surface area contributed by atoms with Crippen LogP contribution in [0.5, 0.6) is 0 Å². The molecular weight excluding hydrogens is 777 g/mol. The average Bonchev–Trinajstić information content (AvgIpc) is 3.95. The van der Waals surface area contributed by atoms with Crippen LogP contribution in [-0.4, -0.2) is 19.9 Å². The van der Waals surface area contributed by atoms with E-state index in [0.717, 1.165) is 138 Å². The first-order valence-corrected chi connectivity index (χ1v) is 22.8. The van der Waals surface area contributed by atoms with Crippen molar-refractivity contribution >= 4 is 65.9 Å². The number of nitrogens with one attached hydrogen (secondary N) is 2. The number of fused-ring (bicyclic) bond motifs is 10. The molecule has 9 rings (SSSR count). The van der Waals surface area contributed by atoms with Crippen LogP contribution in [0.1, 0.15) is 123 Å². The van der Waals surface area contributed by atoms with Gasteiger partial charge in [0.15, 0.2) is 0 Å². The summed E-state index contributed by atoms with van der Waals surface area (Å²) in [5.41, 5.74) is 22.2. The Morgan fingerprint density at radius 2 is 1.00 bits per heavy atom. The third-order valence-electron chi connectivity index (χ3n) is 13.4. The van der Waals surface area contributed by atoms with E-state index in [1.807, 2.05) is 6.07 Å². The Hall–Kier alpha value is -7.32. The second-order valence-corrected chi connectivity index (χ2v) is 17.3. The maximum atomic E-state index is 5.48. The molecule has 5 heterocycles. The van der Waals surface area contributed by atoms with E-state index in [0.29, 0.717) is 0 Å². The number of hydrogen-bond donors (Lipinski definition) is 2. The van der Waals surface area contributed by atoms with Crippen LogP contribution in [0.15, 0.2) is 97.1 Å². The van der Waals surface area contributed by atoms with Gasteiger partial charge in [-0.25, -0.2) is 9.97 Å². The summed E-state index contributed by atoms with van der Waals surface area (Å²) in [6.45, 7) is 17.8. The van der Waals surface area contributed by atoms with Gasteiger partial charge in [0.1, 0.15) is 0 Å². The minimum Gasteiger partial charge on any atom is -0.355 e. The van der Waals surface area contributed by atoms with Gasteiger partial charge in [-0.2, -0.15) is 0 Å². The van der Waals surface area contributed by atoms with Crippen molar-refractivity contribution < 1.29 is 0 Å². The van der Waals surface area contributed by atoms with Gasteiger partial charge in [0, 0.05) is 38.8 Å². The molecule has 0 saturated heterocycles. The molecule has 0 fully saturated rings. The van der Waals surface area contributed by atoms with Crippen molar-refractivity contribution in [2.24, 2.45) is 0 Å². The Kier molecular flexibility index (Phi) is 11.7. The number of unbranched alkanes of at least 4 members (excludes halogenated alkanes) is 2. The number of rotatable bonds is 7. The number of nitrogens with zero attached hydrogens (tertiary/aromatic N) is 2. The van der Waals surface area contributed by atoms with Gasteiger partial charge >= 0.3 is 0 Å². The second-order valence-electron chi connectivity index (χ2n) is 17.3. The SMILES string of the molecule is CCCCc1c(C)c2cc3nc(c(-c4cccc(C#CC#CC#Cc5c6ccccc6cc6ccccc56)c4)c4nc(cc5[nH]c(cc1[nH]2)c(CCCC)c5C)C(C)=C4C)C(C)=C3C. The topological polar surface area (TPSA) is 57.4 Å². The molecular formula is C60H54N4. The van der Waals surface area contributed by atoms with Gasteiger partial charge in [-0.05, 0) is 199 Å². The lowest BCUT2D eigenvalue weighted by atomic mass is 9.94. The van der Waals surface area contributed by atoms with E-state index >= 15 is 0 Å². The van der Waals surface area contributed by atoms with E-state index in [1.54, 1.807) is 0 Å². The van der Waals surface area contributed by atoms with Crippen LogP contribution in [0.2, 0.25) is 0 Å². The van der Waals surface area contributed by atoms with Crippen molar-refractivity contribution in [3.05, 3.63) is 153 Å². The zero-order valence-electron chi connectivity index (χ0n) is 38.4. The van der Waals surface area contributed by atoms with Crippen LogP contribution in [0.25, 0.3) is 77.0 Å². The molecule has 7 aromatic rings. The zero-order valence-corrected chi connectivity index (χ0v) is 38.4. The van der Waals surface area contributed by atoms with E-state index in [1.165, 1.54) is 33.3 Å². The zero-order chi connectivity index (χ0) is 44.5. The molecule has 0 unspecified atom stereocenters. The predicted octanol–water partition coefficient (Wildman–Crippen LogP) is 14.9. The summed E-state index contributed by atoms with van der Waals surface area (Å²) in [6, 6.07) is 34.2. The van der Waals surface area contributed by atoms with Gasteiger partial charge in [0.2, 0.25) is 0 Å². The summed E-state index contributed by atoms with van der Waals surface area (Å²) in [7, 11) is 0. The van der Waals surface area contributed by atoms with Crippen molar-refractivity contribution in [3.8, 4) is 46.6 Å². The molecule has 0 radical (unpaired) electrons. The molecule has 4 aromatic carbocycles. The Morgan fingerprint density at radius 3 is 1.53 bits per heavy atom. The maximum Gasteiger partial charge on any atom is 0.0769 e. The first-order valence-electron chi connectivity index (χ1n) is 22.8. The normalized spacial score (nSPS) is 12.2. The monoisotopic (exact) mass is 830 g/mol. The molecule has 0 saturated carbocycles. The summed E-state index contributed by atoms with van der Waals surface area (Å²) < 4.78 is 0. The summed E-state index contributed by atoms with van der Waals surface area (Å²) in [5, 5.41) is 4.58. The van der Waals surface area contributed by atoms with Crippen LogP contribution < -0.4 is 0 Å². The smallest absolute Gasteiger partial charge is 0.0769 e. The number of benzene rings is 4. The first-order chi connectivity index (χ1) is 31.1. The number of aromatic amines is 2. The van der Waals surface area contributed by atoms with Crippen LogP contribution in [0.4, 0.5) is 0 Å². The van der Waals surface area contributed by atoms with Gasteiger partial charge in [-0.1, -0.05) is 99.2 Å². The molecule has 4 nitrogen and oxygen atoms in total. The first kappa shape index (κ1) is 42.0. The number of hydrogen-bond acceptors (Lipinski definition) is 2. The van der Waals surface area contributed by atoms with Crippen LogP contribution >= 0.6 is 0 Å². The van der Waals surface area contributed by atoms with Gasteiger partial charge in [0.05, 0.1) is 22.8 Å². The van der Waals surface area contributed by atoms with E-state index in [-0.39, 0.29) is 0 Å². The summed E-state index contributed by atoms with van der Waals surface area (Å²) >= 11 is 0. The fourth-order valence-electron chi connectivity index (χ4n) is 9.29. The van der Waals surface area contributed by atoms with Crippen LogP contribution in [0, 0.1) is 49.4 Å². The molecule has 3 aromatic heterocycles. The van der Waals surface area contributed by atoms with Gasteiger partial charge in [-0.15, -0.1) is 0 Å². The second kappa shape index (κ2) is 17.8. The van der Waals surface area contributed by atoms with Gasteiger partial charge in [-0.3, -0.25) is 0 Å². The predicted molar refractivity (Wildman–Crippen MR) is 272 cm³/mol. The molecule has 4 heteroatoms. The van der Waals surface area contributed by atoms with E-state index < -0.39 is 0 Å². The molecule has 2 aliphatic rings. The highest BCUT2D eigenvalue weighted by atomic mass is 14.8. The average molecular weight is 831 g/mol. The molecule has 8 bridgehead atoms. The molecule has 64 heavy (non-hydrogen) atoms. The van der Waals surface area contributed by atoms with Crippen molar-refractivity contribution in [1.82, 2.24) is 19.9 Å². The summed E-state index contributed by atoms with van der Waals surface area (Å²) in [5.74, 6) is 18.9. The highest BCUT2D eigenvalue weighted by molar-refractivity contribution is 6.05. The fraction of sp³-hybridized carbons (Fsp3) is 0.233. The number of aryl methyl sites for hydroxylation is 4. The number of aromatic nitrogens is 4. The van der Waals surface area contributed by atoms with Crippen molar-refractivity contribution in [1.29, 1.82) is 0 Å². The maximum absolute atomic E-state index is 5.48. The molecule has 2 N–H and O–H groups in total. The number of H-pyrrole nitrogens is 2. The molecule has 0 atom stereocenters. The Bertz CT molecular complexity index is 3320. The fourth-order valence-corrected chi connectivity index (χ4v) is 9.29. The minimum absolute atomic E-state index is 0.861. The minimum atomic E-state index is 0.861. The van der Waals surface area contributed by atoms with Crippen molar-refractivity contribution in [2.45, 2.75) is 93.9 Å². The standard InChI is InChI=1S/C60H54N4/c1-9-11-27-47-41(7)54-34-52-37(3)39(5)59(63-52)58(60-40(6)38(4)53(64-60)35-55-42(8)48(28-12-10-2)57(62-55)36-56(47)61-54)46-26-21-23-43(32-46)22-15-13-14-16-31-51-49-29-19-17-24-44(49)33-45-25-18-20-30-50(45)51/h17-21,23-26,29-30,32-36,61-62H,9-12,27-28H2,1-8H3. The molecule has 0 amide bonds. The van der Waals surface area contributed by atoms with E-state index in [9.17, 15) is 0 Å². The summed E-state index contributed by atoms with van der Waals surface area (Å²) in [6.07, 6.45) is 6.60. The molecule has 314 valence electrons. The van der Waals surface area contributed by atoms with Gasteiger partial charge < -0.3 is 9.97 Å². The van der Waals surface area contributed by atoms with Crippen LogP contribution in [0.3, 0.4) is 0 Å². The number of allylic oxidation sites excluding steroid dienone is 4. The largest absolute Gasteiger partial charge is 0.355 e. The quantitative estimate of drug-likeness (QED) is 0.124. The highest BCUT2D eigenvalue weighted by Crippen LogP contribution is 2.42. The lowest BCUT2D eigenvalue weighted by Gasteiger charge is -2.10. The Labute approximate surface area is 378 Å². The summed E-state index contributed by atoms with van der Waals surface area (Å²) in [4.78, 5) is 18.7. The third-order valence-corrected chi connectivity index (χ3v) is 13.4. The molecule has 2 aliphatic heterocycles. The molecule has 0 aliphatic carbocycles. The third kappa shape index (κ3) is 7.85. The van der Waals surface area contributed by atoms with Crippen molar-refractivity contribution in [3.63, 3.8) is 0 Å². The Balaban J connectivity index is 1.21. The van der Waals surface area contributed by atoms with Crippen LogP contribution in [-0.2, 0) is 12.8 Å². The Morgan fingerprint density at radius 1 is 0.484 bits per heavy atom. The van der Waals surface area contributed by atoms with Crippen molar-refractivity contribution in [2.75, 3.05) is 0 Å². The van der Waals surface area contributed by atoms with E-state index in [2.05, 4.69) is 192 Å². The highest BCUT2D eigenvalue weighted by Gasteiger charge is 2.25. The molecule has 0 spiro atoms. The van der Waals surface area contributed by atoms with E-state index in [4.69, 9.17) is 9.97 Å².